The van der Waals surface area contributed by atoms with Crippen molar-refractivity contribution in [3.05, 3.63) is 88.7 Å². The Balaban J connectivity index is 1.41. The van der Waals surface area contributed by atoms with Gasteiger partial charge in [-0.25, -0.2) is 18.3 Å². The van der Waals surface area contributed by atoms with Crippen LogP contribution in [0.25, 0.3) is 28.5 Å². The molecule has 0 saturated carbocycles. The monoisotopic (exact) mass is 472 g/mol. The van der Waals surface area contributed by atoms with Gasteiger partial charge in [0.2, 0.25) is 11.7 Å². The maximum atomic E-state index is 13.6. The number of pyridine rings is 1. The van der Waals surface area contributed by atoms with Crippen LogP contribution < -0.4 is 11.0 Å². The molecule has 0 fully saturated rings. The molecule has 5 aromatic rings. The van der Waals surface area contributed by atoms with Crippen LogP contribution in [0.5, 0.6) is 0 Å². The predicted octanol–water partition coefficient (Wildman–Crippen LogP) is 4.11. The number of carbonyl (C=O) groups excluding carboxylic acids is 1. The van der Waals surface area contributed by atoms with Gasteiger partial charge in [-0.1, -0.05) is 43.3 Å². The lowest BCUT2D eigenvalue weighted by Gasteiger charge is -2.08. The molecule has 0 aliphatic rings. The highest BCUT2D eigenvalue weighted by atomic mass is 19.1. The minimum atomic E-state index is -0.489. The molecule has 5 rings (SSSR count). The summed E-state index contributed by atoms with van der Waals surface area (Å²) in [6, 6.07) is 16.7. The van der Waals surface area contributed by atoms with E-state index in [2.05, 4.69) is 34.4 Å². The number of fused-ring (bicyclic) bond motifs is 1. The second-order valence-corrected chi connectivity index (χ2v) is 8.31. The third-order valence-electron chi connectivity index (χ3n) is 5.50. The van der Waals surface area contributed by atoms with Crippen molar-refractivity contribution < 1.29 is 13.7 Å². The quantitative estimate of drug-likeness (QED) is 0.399. The van der Waals surface area contributed by atoms with Gasteiger partial charge < -0.3 is 9.84 Å². The van der Waals surface area contributed by atoms with Crippen molar-refractivity contribution in [3.63, 3.8) is 0 Å². The molecule has 0 unspecified atom stereocenters. The standard InChI is InChI=1S/C25H21FN6O3/c1-15(2)16-8-10-19(11-9-16)27-21(33)14-32-25(34)31-12-4-7-20(23(31)29-32)24-28-22(30-35-24)17-5-3-6-18(26)13-17/h3-13,15H,14H2,1-2H3,(H,27,33). The highest BCUT2D eigenvalue weighted by Gasteiger charge is 2.19. The van der Waals surface area contributed by atoms with E-state index in [0.29, 0.717) is 22.7 Å². The molecular formula is C25H21FN6O3. The number of nitrogens with zero attached hydrogens (tertiary/aromatic N) is 5. The Morgan fingerprint density at radius 2 is 1.91 bits per heavy atom. The molecule has 0 aliphatic carbocycles. The van der Waals surface area contributed by atoms with Crippen LogP contribution >= 0.6 is 0 Å². The lowest BCUT2D eigenvalue weighted by molar-refractivity contribution is -0.117. The fraction of sp³-hybridized carbons (Fsp3) is 0.160. The largest absolute Gasteiger partial charge is 0.350 e. The van der Waals surface area contributed by atoms with Gasteiger partial charge in [0, 0.05) is 17.4 Å². The topological polar surface area (TPSA) is 107 Å². The Labute approximate surface area is 198 Å². The SMILES string of the molecule is CC(C)c1ccc(NC(=O)Cn2nc3c(-c4nc(-c5cccc(F)c5)no4)cccn3c2=O)cc1. The fourth-order valence-corrected chi connectivity index (χ4v) is 3.67. The summed E-state index contributed by atoms with van der Waals surface area (Å²) < 4.78 is 21.3. The number of benzene rings is 2. The van der Waals surface area contributed by atoms with E-state index in [0.717, 1.165) is 10.2 Å². The van der Waals surface area contributed by atoms with Gasteiger partial charge in [0.15, 0.2) is 5.65 Å². The Bertz CT molecular complexity index is 1580. The lowest BCUT2D eigenvalue weighted by Crippen LogP contribution is -2.28. The zero-order valence-electron chi connectivity index (χ0n) is 19.0. The summed E-state index contributed by atoms with van der Waals surface area (Å²) in [7, 11) is 0. The van der Waals surface area contributed by atoms with Crippen LogP contribution in [0.1, 0.15) is 25.3 Å². The van der Waals surface area contributed by atoms with Crippen molar-refractivity contribution >= 4 is 17.2 Å². The molecule has 0 atom stereocenters. The minimum Gasteiger partial charge on any atom is -0.333 e. The summed E-state index contributed by atoms with van der Waals surface area (Å²) in [5.41, 5.74) is 2.41. The van der Waals surface area contributed by atoms with Crippen molar-refractivity contribution in [2.45, 2.75) is 26.3 Å². The van der Waals surface area contributed by atoms with Crippen LogP contribution in [0.3, 0.4) is 0 Å². The fourth-order valence-electron chi connectivity index (χ4n) is 3.67. The van der Waals surface area contributed by atoms with Crippen molar-refractivity contribution in [3.8, 4) is 22.8 Å². The first-order chi connectivity index (χ1) is 16.9. The van der Waals surface area contributed by atoms with Crippen LogP contribution in [0.4, 0.5) is 10.1 Å². The van der Waals surface area contributed by atoms with Crippen LogP contribution in [-0.2, 0) is 11.3 Å². The van der Waals surface area contributed by atoms with E-state index in [-0.39, 0.29) is 29.8 Å². The van der Waals surface area contributed by atoms with Gasteiger partial charge in [-0.05, 0) is 47.9 Å². The first kappa shape index (κ1) is 22.2. The van der Waals surface area contributed by atoms with E-state index >= 15 is 0 Å². The number of amides is 1. The van der Waals surface area contributed by atoms with Gasteiger partial charge in [0.1, 0.15) is 12.4 Å². The number of rotatable bonds is 6. The Morgan fingerprint density at radius 1 is 1.11 bits per heavy atom. The normalized spacial score (nSPS) is 11.3. The second kappa shape index (κ2) is 8.98. The molecule has 1 amide bonds. The Kier molecular flexibility index (Phi) is 5.69. The molecule has 0 radical (unpaired) electrons. The number of anilines is 1. The summed E-state index contributed by atoms with van der Waals surface area (Å²) in [6.45, 7) is 3.91. The van der Waals surface area contributed by atoms with Crippen molar-refractivity contribution in [1.29, 1.82) is 0 Å². The number of aromatic nitrogens is 5. The summed E-state index contributed by atoms with van der Waals surface area (Å²) in [4.78, 5) is 29.8. The van der Waals surface area contributed by atoms with E-state index in [1.807, 2.05) is 24.3 Å². The Morgan fingerprint density at radius 3 is 2.66 bits per heavy atom. The molecule has 0 saturated heterocycles. The zero-order valence-corrected chi connectivity index (χ0v) is 19.0. The average molecular weight is 472 g/mol. The van der Waals surface area contributed by atoms with Gasteiger partial charge >= 0.3 is 5.69 Å². The Hall–Kier alpha value is -4.60. The van der Waals surface area contributed by atoms with E-state index in [1.54, 1.807) is 24.3 Å². The van der Waals surface area contributed by atoms with Crippen LogP contribution in [-0.4, -0.2) is 30.2 Å². The maximum absolute atomic E-state index is 13.6. The smallest absolute Gasteiger partial charge is 0.333 e. The molecule has 0 aliphatic heterocycles. The molecule has 3 heterocycles. The minimum absolute atomic E-state index is 0.113. The average Bonchev–Trinajstić information content (AvgIpc) is 3.45. The molecule has 0 spiro atoms. The van der Waals surface area contributed by atoms with Gasteiger partial charge in [-0.2, -0.15) is 4.98 Å². The highest BCUT2D eigenvalue weighted by Crippen LogP contribution is 2.25. The molecule has 9 nitrogen and oxygen atoms in total. The molecule has 1 N–H and O–H groups in total. The number of carbonyl (C=O) groups is 1. The van der Waals surface area contributed by atoms with Gasteiger partial charge in [-0.15, -0.1) is 5.10 Å². The van der Waals surface area contributed by atoms with Gasteiger partial charge in [0.25, 0.3) is 5.89 Å². The number of nitrogens with one attached hydrogen (secondary N) is 1. The maximum Gasteiger partial charge on any atom is 0.350 e. The molecule has 176 valence electrons. The van der Waals surface area contributed by atoms with E-state index in [9.17, 15) is 14.0 Å². The summed E-state index contributed by atoms with van der Waals surface area (Å²) >= 11 is 0. The third-order valence-corrected chi connectivity index (χ3v) is 5.50. The molecule has 35 heavy (non-hydrogen) atoms. The molecule has 2 aromatic carbocycles. The first-order valence-electron chi connectivity index (χ1n) is 11.0. The highest BCUT2D eigenvalue weighted by molar-refractivity contribution is 5.90. The molecule has 0 bridgehead atoms. The molecular weight excluding hydrogens is 451 g/mol. The second-order valence-electron chi connectivity index (χ2n) is 8.31. The first-order valence-corrected chi connectivity index (χ1v) is 11.0. The lowest BCUT2D eigenvalue weighted by atomic mass is 10.0. The van der Waals surface area contributed by atoms with Crippen LogP contribution in [0, 0.1) is 5.82 Å². The van der Waals surface area contributed by atoms with Gasteiger partial charge in [-0.3, -0.25) is 4.79 Å². The number of hydrogen-bond donors (Lipinski definition) is 1. The van der Waals surface area contributed by atoms with E-state index in [1.165, 1.54) is 22.7 Å². The zero-order chi connectivity index (χ0) is 24.5. The van der Waals surface area contributed by atoms with E-state index < -0.39 is 11.5 Å². The third kappa shape index (κ3) is 4.45. The van der Waals surface area contributed by atoms with Crippen molar-refractivity contribution in [2.24, 2.45) is 0 Å². The van der Waals surface area contributed by atoms with Crippen LogP contribution in [0.2, 0.25) is 0 Å². The van der Waals surface area contributed by atoms with Crippen molar-refractivity contribution in [2.75, 3.05) is 5.32 Å². The van der Waals surface area contributed by atoms with Crippen molar-refractivity contribution in [1.82, 2.24) is 24.3 Å². The number of halogens is 1. The summed E-state index contributed by atoms with van der Waals surface area (Å²) in [6.07, 6.45) is 1.54. The van der Waals surface area contributed by atoms with Crippen LogP contribution in [0.15, 0.2) is 76.2 Å². The summed E-state index contributed by atoms with van der Waals surface area (Å²) in [5.74, 6) is -0.113. The molecule has 3 aromatic heterocycles. The predicted molar refractivity (Wildman–Crippen MR) is 127 cm³/mol. The van der Waals surface area contributed by atoms with Gasteiger partial charge in [0.05, 0.1) is 5.56 Å². The summed E-state index contributed by atoms with van der Waals surface area (Å²) in [5, 5.41) is 11.0. The molecule has 10 heteroatoms. The number of hydrogen-bond acceptors (Lipinski definition) is 6. The van der Waals surface area contributed by atoms with E-state index in [4.69, 9.17) is 4.52 Å².